The molecule has 0 amide bonds. The Kier molecular flexibility index (Phi) is 2.38. The van der Waals surface area contributed by atoms with E-state index in [-0.39, 0.29) is 5.52 Å². The van der Waals surface area contributed by atoms with E-state index in [0.29, 0.717) is 16.6 Å². The van der Waals surface area contributed by atoms with Crippen molar-refractivity contribution in [2.45, 2.75) is 6.92 Å². The lowest BCUT2D eigenvalue weighted by molar-refractivity contribution is 0.585. The summed E-state index contributed by atoms with van der Waals surface area (Å²) >= 11 is 1.82. The van der Waals surface area contributed by atoms with E-state index in [1.807, 2.05) is 28.9 Å². The zero-order valence-electron chi connectivity index (χ0n) is 7.68. The summed E-state index contributed by atoms with van der Waals surface area (Å²) in [5, 5.41) is 9.22. The van der Waals surface area contributed by atoms with Crippen molar-refractivity contribution in [2.75, 3.05) is 0 Å². The van der Waals surface area contributed by atoms with Gasteiger partial charge in [-0.05, 0) is 18.6 Å². The third-order valence-electron chi connectivity index (χ3n) is 2.30. The standard InChI is InChI=1S/C10H5F2IN2/c1-5-7-2-6(4-14)15(13)10(7)9(12)3-8(5)11/h2-3H,1H3. The molecule has 0 radical (unpaired) electrons. The van der Waals surface area contributed by atoms with Gasteiger partial charge in [0, 0.05) is 11.5 Å². The fraction of sp³-hybridized carbons (Fsp3) is 0.100. The second-order valence-electron chi connectivity index (χ2n) is 3.15. The summed E-state index contributed by atoms with van der Waals surface area (Å²) in [6.07, 6.45) is 0. The van der Waals surface area contributed by atoms with Crippen molar-refractivity contribution in [3.05, 3.63) is 35.0 Å². The number of hydrogen-bond donors (Lipinski definition) is 0. The second-order valence-corrected chi connectivity index (χ2v) is 4.11. The normalized spacial score (nSPS) is 10.6. The monoisotopic (exact) mass is 318 g/mol. The molecule has 0 aliphatic heterocycles. The summed E-state index contributed by atoms with van der Waals surface area (Å²) in [6, 6.07) is 4.26. The molecule has 0 spiro atoms. The minimum Gasteiger partial charge on any atom is -0.270 e. The van der Waals surface area contributed by atoms with Crippen LogP contribution in [0, 0.1) is 29.9 Å². The first-order valence-corrected chi connectivity index (χ1v) is 5.09. The van der Waals surface area contributed by atoms with E-state index in [0.717, 1.165) is 6.07 Å². The van der Waals surface area contributed by atoms with Gasteiger partial charge in [-0.25, -0.2) is 8.78 Å². The molecule has 1 aromatic heterocycles. The lowest BCUT2D eigenvalue weighted by Crippen LogP contribution is -1.90. The van der Waals surface area contributed by atoms with Crippen molar-refractivity contribution in [2.24, 2.45) is 0 Å². The van der Waals surface area contributed by atoms with Crippen LogP contribution in [-0.2, 0) is 0 Å². The number of rotatable bonds is 0. The third-order valence-corrected chi connectivity index (χ3v) is 3.30. The van der Waals surface area contributed by atoms with Gasteiger partial charge < -0.3 is 0 Å². The third kappa shape index (κ3) is 1.40. The molecule has 0 bridgehead atoms. The van der Waals surface area contributed by atoms with Crippen LogP contribution in [0.25, 0.3) is 10.9 Å². The fourth-order valence-electron chi connectivity index (χ4n) is 1.49. The summed E-state index contributed by atoms with van der Waals surface area (Å²) in [5.41, 5.74) is 0.919. The summed E-state index contributed by atoms with van der Waals surface area (Å²) in [4.78, 5) is 0. The first-order chi connectivity index (χ1) is 7.06. The smallest absolute Gasteiger partial charge is 0.151 e. The lowest BCUT2D eigenvalue weighted by atomic mass is 10.1. The van der Waals surface area contributed by atoms with Crippen molar-refractivity contribution in [1.29, 1.82) is 5.26 Å². The van der Waals surface area contributed by atoms with Crippen LogP contribution in [0.5, 0.6) is 0 Å². The molecule has 0 saturated heterocycles. The highest BCUT2D eigenvalue weighted by molar-refractivity contribution is 14.1. The molecule has 0 fully saturated rings. The molecule has 5 heteroatoms. The largest absolute Gasteiger partial charge is 0.270 e. The Morgan fingerprint density at radius 2 is 2.00 bits per heavy atom. The average Bonchev–Trinajstić information content (AvgIpc) is 2.53. The Hall–Kier alpha value is -1.16. The predicted molar refractivity (Wildman–Crippen MR) is 60.7 cm³/mol. The van der Waals surface area contributed by atoms with Crippen LogP contribution in [0.15, 0.2) is 12.1 Å². The number of aromatic nitrogens is 1. The van der Waals surface area contributed by atoms with Gasteiger partial charge in [0.05, 0.1) is 28.4 Å². The summed E-state index contributed by atoms with van der Waals surface area (Å²) < 4.78 is 28.1. The first kappa shape index (κ1) is 10.4. The molecule has 1 heterocycles. The quantitative estimate of drug-likeness (QED) is 0.685. The molecule has 1 aromatic carbocycles. The van der Waals surface area contributed by atoms with Crippen LogP contribution in [0.4, 0.5) is 8.78 Å². The van der Waals surface area contributed by atoms with Crippen molar-refractivity contribution < 1.29 is 8.78 Å². The Morgan fingerprint density at radius 1 is 1.33 bits per heavy atom. The maximum Gasteiger partial charge on any atom is 0.151 e. The van der Waals surface area contributed by atoms with E-state index >= 15 is 0 Å². The molecule has 0 unspecified atom stereocenters. The molecular formula is C10H5F2IN2. The van der Waals surface area contributed by atoms with Crippen LogP contribution in [0.2, 0.25) is 0 Å². The number of nitriles is 1. The minimum atomic E-state index is -0.649. The zero-order valence-corrected chi connectivity index (χ0v) is 9.84. The number of nitrogens with zero attached hydrogens (tertiary/aromatic N) is 2. The van der Waals surface area contributed by atoms with Crippen LogP contribution < -0.4 is 0 Å². The zero-order chi connectivity index (χ0) is 11.2. The van der Waals surface area contributed by atoms with Crippen molar-refractivity contribution in [3.63, 3.8) is 0 Å². The number of aryl methyl sites for hydroxylation is 1. The van der Waals surface area contributed by atoms with E-state index in [4.69, 9.17) is 5.26 Å². The highest BCUT2D eigenvalue weighted by Crippen LogP contribution is 2.29. The van der Waals surface area contributed by atoms with E-state index in [1.165, 1.54) is 8.85 Å². The number of hydrogen-bond acceptors (Lipinski definition) is 1. The molecule has 2 nitrogen and oxygen atoms in total. The molecule has 2 aromatic rings. The maximum atomic E-state index is 13.5. The van der Waals surface area contributed by atoms with E-state index in [9.17, 15) is 8.78 Å². The van der Waals surface area contributed by atoms with Crippen molar-refractivity contribution in [3.8, 4) is 6.07 Å². The summed E-state index contributed by atoms with van der Waals surface area (Å²) in [6.45, 7) is 1.56. The number of benzene rings is 1. The van der Waals surface area contributed by atoms with Gasteiger partial charge in [0.15, 0.2) is 5.82 Å². The Labute approximate surface area is 98.6 Å². The van der Waals surface area contributed by atoms with Gasteiger partial charge >= 0.3 is 0 Å². The molecule has 0 atom stereocenters. The SMILES string of the molecule is Cc1c(F)cc(F)c2c1cc(C#N)n2I. The highest BCUT2D eigenvalue weighted by Gasteiger charge is 2.15. The lowest BCUT2D eigenvalue weighted by Gasteiger charge is -2.01. The molecule has 0 aliphatic rings. The highest BCUT2D eigenvalue weighted by atomic mass is 127. The number of halogens is 3. The maximum absolute atomic E-state index is 13.5. The van der Waals surface area contributed by atoms with Gasteiger partial charge in [-0.1, -0.05) is 0 Å². The minimum absolute atomic E-state index is 0.256. The van der Waals surface area contributed by atoms with E-state index in [1.54, 1.807) is 6.92 Å². The van der Waals surface area contributed by atoms with Gasteiger partial charge in [0.25, 0.3) is 0 Å². The summed E-state index contributed by atoms with van der Waals surface area (Å²) in [7, 11) is 0. The van der Waals surface area contributed by atoms with E-state index in [2.05, 4.69) is 0 Å². The summed E-state index contributed by atoms with van der Waals surface area (Å²) in [5.74, 6) is -1.24. The van der Waals surface area contributed by atoms with Crippen LogP contribution in [-0.4, -0.2) is 2.78 Å². The second kappa shape index (κ2) is 3.45. The molecular weight excluding hydrogens is 313 g/mol. The molecule has 76 valence electrons. The molecule has 0 N–H and O–H groups in total. The predicted octanol–water partition coefficient (Wildman–Crippen LogP) is 3.30. The Morgan fingerprint density at radius 3 is 2.60 bits per heavy atom. The Bertz CT molecular complexity index is 596. The Balaban J connectivity index is 3.02. The van der Waals surface area contributed by atoms with Gasteiger partial charge in [-0.15, -0.1) is 0 Å². The average molecular weight is 318 g/mol. The molecule has 0 saturated carbocycles. The van der Waals surface area contributed by atoms with Gasteiger partial charge in [0.2, 0.25) is 0 Å². The molecule has 2 rings (SSSR count). The topological polar surface area (TPSA) is 28.7 Å². The number of fused-ring (bicyclic) bond motifs is 1. The van der Waals surface area contributed by atoms with Gasteiger partial charge in [0.1, 0.15) is 17.6 Å². The fourth-order valence-corrected chi connectivity index (χ4v) is 2.23. The molecule has 15 heavy (non-hydrogen) atoms. The van der Waals surface area contributed by atoms with Crippen molar-refractivity contribution in [1.82, 2.24) is 2.78 Å². The van der Waals surface area contributed by atoms with Gasteiger partial charge in [-0.3, -0.25) is 2.78 Å². The van der Waals surface area contributed by atoms with Crippen molar-refractivity contribution >= 4 is 33.8 Å². The molecule has 0 aliphatic carbocycles. The van der Waals surface area contributed by atoms with Crippen LogP contribution in [0.1, 0.15) is 11.3 Å². The van der Waals surface area contributed by atoms with Gasteiger partial charge in [-0.2, -0.15) is 5.26 Å². The first-order valence-electron chi connectivity index (χ1n) is 4.12. The van der Waals surface area contributed by atoms with E-state index < -0.39 is 11.6 Å². The van der Waals surface area contributed by atoms with Crippen LogP contribution >= 0.6 is 22.9 Å². The van der Waals surface area contributed by atoms with Crippen LogP contribution in [0.3, 0.4) is 0 Å².